The third kappa shape index (κ3) is 8.04. The van der Waals surface area contributed by atoms with Crippen LogP contribution in [0.3, 0.4) is 0 Å². The minimum absolute atomic E-state index is 0.0351. The van der Waals surface area contributed by atoms with Crippen molar-refractivity contribution in [3.63, 3.8) is 0 Å². The fourth-order valence-electron chi connectivity index (χ4n) is 4.12. The van der Waals surface area contributed by atoms with Crippen LogP contribution in [-0.2, 0) is 32.3 Å². The number of nitrogens with one attached hydrogen (secondary N) is 1. The highest BCUT2D eigenvalue weighted by molar-refractivity contribution is 7.92. The average Bonchev–Trinajstić information content (AvgIpc) is 2.93. The van der Waals surface area contributed by atoms with E-state index in [2.05, 4.69) is 5.32 Å². The van der Waals surface area contributed by atoms with Gasteiger partial charge in [0.1, 0.15) is 12.6 Å². The van der Waals surface area contributed by atoms with E-state index in [1.807, 2.05) is 26.0 Å². The number of anilines is 1. The molecule has 1 N–H and O–H groups in total. The minimum atomic E-state index is -4.88. The Hall–Kier alpha value is -3.57. The highest BCUT2D eigenvalue weighted by Gasteiger charge is 2.37. The number of benzene rings is 3. The molecular formula is C30H33ClF3N3O4S. The Morgan fingerprint density at radius 1 is 0.952 bits per heavy atom. The van der Waals surface area contributed by atoms with Crippen LogP contribution in [0.2, 0.25) is 5.02 Å². The second kappa shape index (κ2) is 13.6. The summed E-state index contributed by atoms with van der Waals surface area (Å²) in [6.45, 7) is 6.49. The highest BCUT2D eigenvalue weighted by Crippen LogP contribution is 2.38. The van der Waals surface area contributed by atoms with Gasteiger partial charge >= 0.3 is 6.18 Å². The monoisotopic (exact) mass is 623 g/mol. The van der Waals surface area contributed by atoms with E-state index < -0.39 is 56.9 Å². The van der Waals surface area contributed by atoms with E-state index in [1.165, 1.54) is 24.0 Å². The summed E-state index contributed by atoms with van der Waals surface area (Å²) in [6.07, 6.45) is -4.22. The summed E-state index contributed by atoms with van der Waals surface area (Å²) in [4.78, 5) is 27.8. The molecular weight excluding hydrogens is 591 g/mol. The van der Waals surface area contributed by atoms with Gasteiger partial charge in [-0.1, -0.05) is 66.0 Å². The molecule has 0 aliphatic heterocycles. The summed E-state index contributed by atoms with van der Waals surface area (Å²) < 4.78 is 69.5. The van der Waals surface area contributed by atoms with Gasteiger partial charge in [0.2, 0.25) is 11.8 Å². The van der Waals surface area contributed by atoms with Gasteiger partial charge in [-0.3, -0.25) is 13.9 Å². The number of halogens is 4. The van der Waals surface area contributed by atoms with Crippen molar-refractivity contribution in [2.75, 3.05) is 17.4 Å². The van der Waals surface area contributed by atoms with Crippen LogP contribution in [0.4, 0.5) is 18.9 Å². The Bertz CT molecular complexity index is 1510. The molecule has 1 atom stereocenters. The van der Waals surface area contributed by atoms with E-state index in [-0.39, 0.29) is 11.4 Å². The zero-order chi connectivity index (χ0) is 31.2. The SMILES string of the molecule is CCCNC(=O)[C@H](C)N(Cc1ccc(C)cc1)C(=O)CN(c1ccc(Cl)c(C(F)(F)F)c1)S(=O)(=O)c1ccc(C)cc1. The van der Waals surface area contributed by atoms with Gasteiger partial charge in [-0.2, -0.15) is 13.2 Å². The van der Waals surface area contributed by atoms with E-state index in [4.69, 9.17) is 11.6 Å². The van der Waals surface area contributed by atoms with Crippen LogP contribution < -0.4 is 9.62 Å². The summed E-state index contributed by atoms with van der Waals surface area (Å²) in [5.41, 5.74) is 0.770. The molecule has 0 aromatic heterocycles. The Kier molecular flexibility index (Phi) is 10.7. The van der Waals surface area contributed by atoms with Crippen LogP contribution in [0.5, 0.6) is 0 Å². The smallest absolute Gasteiger partial charge is 0.354 e. The van der Waals surface area contributed by atoms with E-state index in [0.717, 1.165) is 23.3 Å². The van der Waals surface area contributed by atoms with Gasteiger partial charge < -0.3 is 10.2 Å². The van der Waals surface area contributed by atoms with Crippen molar-refractivity contribution >= 4 is 39.1 Å². The van der Waals surface area contributed by atoms with Gasteiger partial charge in [0.25, 0.3) is 10.0 Å². The number of hydrogen-bond acceptors (Lipinski definition) is 4. The normalized spacial score (nSPS) is 12.5. The molecule has 2 amide bonds. The Balaban J connectivity index is 2.11. The first-order valence-corrected chi connectivity index (χ1v) is 15.1. The maximum absolute atomic E-state index is 13.9. The first kappa shape index (κ1) is 32.9. The lowest BCUT2D eigenvalue weighted by Crippen LogP contribution is -2.51. The van der Waals surface area contributed by atoms with Crippen LogP contribution >= 0.6 is 11.6 Å². The Labute approximate surface area is 249 Å². The van der Waals surface area contributed by atoms with Crippen molar-refractivity contribution in [2.24, 2.45) is 0 Å². The minimum Gasteiger partial charge on any atom is -0.354 e. The lowest BCUT2D eigenvalue weighted by atomic mass is 10.1. The first-order chi connectivity index (χ1) is 19.6. The van der Waals surface area contributed by atoms with Gasteiger partial charge in [-0.25, -0.2) is 8.42 Å². The van der Waals surface area contributed by atoms with Crippen molar-refractivity contribution in [3.8, 4) is 0 Å². The summed E-state index contributed by atoms with van der Waals surface area (Å²) in [5, 5.41) is 2.12. The van der Waals surface area contributed by atoms with E-state index in [1.54, 1.807) is 31.2 Å². The van der Waals surface area contributed by atoms with Crippen LogP contribution in [0.1, 0.15) is 42.5 Å². The molecule has 0 fully saturated rings. The predicted octanol–water partition coefficient (Wildman–Crippen LogP) is 6.11. The molecule has 0 unspecified atom stereocenters. The van der Waals surface area contributed by atoms with E-state index in [0.29, 0.717) is 28.9 Å². The molecule has 12 heteroatoms. The maximum Gasteiger partial charge on any atom is 0.417 e. The van der Waals surface area contributed by atoms with Crippen molar-refractivity contribution in [3.05, 3.63) is 94.0 Å². The number of sulfonamides is 1. The van der Waals surface area contributed by atoms with Crippen molar-refractivity contribution in [1.82, 2.24) is 10.2 Å². The molecule has 0 aliphatic carbocycles. The molecule has 0 aliphatic rings. The van der Waals surface area contributed by atoms with Gasteiger partial charge in [-0.15, -0.1) is 0 Å². The van der Waals surface area contributed by atoms with Crippen molar-refractivity contribution in [2.45, 2.75) is 57.8 Å². The number of carbonyl (C=O) groups is 2. The fourth-order valence-corrected chi connectivity index (χ4v) is 5.75. The van der Waals surface area contributed by atoms with Crippen LogP contribution in [0, 0.1) is 13.8 Å². The third-order valence-corrected chi connectivity index (χ3v) is 8.74. The lowest BCUT2D eigenvalue weighted by molar-refractivity contribution is -0.139. The number of amides is 2. The summed E-state index contributed by atoms with van der Waals surface area (Å²) in [6, 6.07) is 14.6. The van der Waals surface area contributed by atoms with E-state index >= 15 is 0 Å². The molecule has 0 saturated carbocycles. The molecule has 0 heterocycles. The number of carbonyl (C=O) groups excluding carboxylic acids is 2. The summed E-state index contributed by atoms with van der Waals surface area (Å²) in [7, 11) is -4.54. The lowest BCUT2D eigenvalue weighted by Gasteiger charge is -2.32. The molecule has 226 valence electrons. The van der Waals surface area contributed by atoms with Gasteiger partial charge in [-0.05, 0) is 63.1 Å². The maximum atomic E-state index is 13.9. The molecule has 3 rings (SSSR count). The molecule has 0 radical (unpaired) electrons. The highest BCUT2D eigenvalue weighted by atomic mass is 35.5. The molecule has 42 heavy (non-hydrogen) atoms. The molecule has 0 spiro atoms. The largest absolute Gasteiger partial charge is 0.417 e. The molecule has 0 saturated heterocycles. The average molecular weight is 624 g/mol. The van der Waals surface area contributed by atoms with Gasteiger partial charge in [0.15, 0.2) is 0 Å². The zero-order valence-electron chi connectivity index (χ0n) is 23.7. The third-order valence-electron chi connectivity index (χ3n) is 6.62. The molecule has 3 aromatic rings. The van der Waals surface area contributed by atoms with Crippen LogP contribution in [-0.4, -0.2) is 44.3 Å². The summed E-state index contributed by atoms with van der Waals surface area (Å²) in [5.74, 6) is -1.23. The molecule has 7 nitrogen and oxygen atoms in total. The van der Waals surface area contributed by atoms with Crippen molar-refractivity contribution < 1.29 is 31.2 Å². The van der Waals surface area contributed by atoms with E-state index in [9.17, 15) is 31.2 Å². The van der Waals surface area contributed by atoms with Crippen LogP contribution in [0.15, 0.2) is 71.6 Å². The second-order valence-corrected chi connectivity index (χ2v) is 12.2. The fraction of sp³-hybridized carbons (Fsp3) is 0.333. The Morgan fingerprint density at radius 2 is 1.52 bits per heavy atom. The van der Waals surface area contributed by atoms with Gasteiger partial charge in [0.05, 0.1) is 21.2 Å². The van der Waals surface area contributed by atoms with Crippen molar-refractivity contribution in [1.29, 1.82) is 0 Å². The molecule has 0 bridgehead atoms. The number of hydrogen-bond donors (Lipinski definition) is 1. The number of alkyl halides is 3. The number of nitrogens with zero attached hydrogens (tertiary/aromatic N) is 2. The second-order valence-electron chi connectivity index (χ2n) is 9.96. The van der Waals surface area contributed by atoms with Gasteiger partial charge in [0, 0.05) is 13.1 Å². The topological polar surface area (TPSA) is 86.8 Å². The summed E-state index contributed by atoms with van der Waals surface area (Å²) >= 11 is 5.80. The number of aryl methyl sites for hydroxylation is 2. The standard InChI is InChI=1S/C30H33ClF3N3O4S/c1-5-16-35-29(39)22(4)36(18-23-10-6-20(2)7-11-23)28(38)19-37(42(40,41)25-13-8-21(3)9-14-25)24-12-15-27(31)26(17-24)30(32,33)34/h6-15,17,22H,5,16,18-19H2,1-4H3,(H,35,39)/t22-/m0/s1. The zero-order valence-corrected chi connectivity index (χ0v) is 25.3. The number of rotatable bonds is 11. The molecule has 3 aromatic carbocycles. The predicted molar refractivity (Wildman–Crippen MR) is 157 cm³/mol. The Morgan fingerprint density at radius 3 is 2.07 bits per heavy atom. The quantitative estimate of drug-likeness (QED) is 0.279. The van der Waals surface area contributed by atoms with Crippen LogP contribution in [0.25, 0.3) is 0 Å². The first-order valence-electron chi connectivity index (χ1n) is 13.2.